The smallest absolute Gasteiger partial charge is 0.262 e. The predicted octanol–water partition coefficient (Wildman–Crippen LogP) is 3.41. The molecule has 0 spiro atoms. The van der Waals surface area contributed by atoms with Gasteiger partial charge in [-0.3, -0.25) is 9.59 Å². The number of amides is 1. The second-order valence-electron chi connectivity index (χ2n) is 6.73. The Hall–Kier alpha value is -2.02. The van der Waals surface area contributed by atoms with E-state index in [4.69, 9.17) is 4.52 Å². The SMILES string of the molecule is CC(=O)c1csc(C(=O)NC2(c3noc(C4CC4)n3)CCCC2)c1. The number of carbonyl (C=O) groups is 2. The largest absolute Gasteiger partial charge is 0.339 e. The van der Waals surface area contributed by atoms with E-state index in [9.17, 15) is 9.59 Å². The Morgan fingerprint density at radius 3 is 2.71 bits per heavy atom. The summed E-state index contributed by atoms with van der Waals surface area (Å²) in [6.07, 6.45) is 5.88. The summed E-state index contributed by atoms with van der Waals surface area (Å²) in [5.41, 5.74) is 0.0230. The highest BCUT2D eigenvalue weighted by atomic mass is 32.1. The van der Waals surface area contributed by atoms with Gasteiger partial charge in [0.05, 0.1) is 4.88 Å². The molecule has 1 N–H and O–H groups in total. The summed E-state index contributed by atoms with van der Waals surface area (Å²) in [6, 6.07) is 1.65. The summed E-state index contributed by atoms with van der Waals surface area (Å²) in [7, 11) is 0. The Labute approximate surface area is 143 Å². The lowest BCUT2D eigenvalue weighted by molar-refractivity contribution is 0.0896. The lowest BCUT2D eigenvalue weighted by atomic mass is 9.96. The first-order chi connectivity index (χ1) is 11.6. The minimum atomic E-state index is -0.548. The molecule has 0 unspecified atom stereocenters. The average molecular weight is 345 g/mol. The molecule has 2 aromatic heterocycles. The molecule has 2 fully saturated rings. The van der Waals surface area contributed by atoms with Crippen molar-refractivity contribution in [3.8, 4) is 0 Å². The van der Waals surface area contributed by atoms with Gasteiger partial charge < -0.3 is 9.84 Å². The van der Waals surface area contributed by atoms with Crippen LogP contribution in [0.5, 0.6) is 0 Å². The Morgan fingerprint density at radius 1 is 1.33 bits per heavy atom. The van der Waals surface area contributed by atoms with Gasteiger partial charge in [-0.2, -0.15) is 4.98 Å². The third-order valence-corrected chi connectivity index (χ3v) is 5.77. The molecule has 1 amide bonds. The molecule has 2 saturated carbocycles. The van der Waals surface area contributed by atoms with Gasteiger partial charge in [-0.05, 0) is 38.7 Å². The molecule has 24 heavy (non-hydrogen) atoms. The van der Waals surface area contributed by atoms with Crippen molar-refractivity contribution < 1.29 is 14.1 Å². The number of aromatic nitrogens is 2. The number of Topliss-reactive ketones (excluding diaryl/α,β-unsaturated/α-hetero) is 1. The number of ketones is 1. The highest BCUT2D eigenvalue weighted by Gasteiger charge is 2.43. The summed E-state index contributed by atoms with van der Waals surface area (Å²) in [5, 5.41) is 9.01. The highest BCUT2D eigenvalue weighted by molar-refractivity contribution is 7.12. The fourth-order valence-electron chi connectivity index (χ4n) is 3.23. The molecule has 0 radical (unpaired) electrons. The molecule has 126 valence electrons. The Kier molecular flexibility index (Phi) is 3.75. The van der Waals surface area contributed by atoms with Gasteiger partial charge in [0.25, 0.3) is 5.91 Å². The van der Waals surface area contributed by atoms with Crippen LogP contribution in [0, 0.1) is 0 Å². The van der Waals surface area contributed by atoms with Crippen molar-refractivity contribution in [2.75, 3.05) is 0 Å². The molecule has 0 aromatic carbocycles. The van der Waals surface area contributed by atoms with Gasteiger partial charge in [0.2, 0.25) is 5.89 Å². The Morgan fingerprint density at radius 2 is 2.08 bits per heavy atom. The van der Waals surface area contributed by atoms with Crippen LogP contribution in [0.2, 0.25) is 0 Å². The van der Waals surface area contributed by atoms with Crippen molar-refractivity contribution >= 4 is 23.0 Å². The third kappa shape index (κ3) is 2.77. The molecule has 2 heterocycles. The van der Waals surface area contributed by atoms with Gasteiger partial charge >= 0.3 is 0 Å². The van der Waals surface area contributed by atoms with Gasteiger partial charge in [-0.25, -0.2) is 0 Å². The molecule has 0 aliphatic heterocycles. The van der Waals surface area contributed by atoms with E-state index in [-0.39, 0.29) is 11.7 Å². The standard InChI is InChI=1S/C17H19N3O3S/c1-10(21)12-8-13(24-9-12)14(22)19-17(6-2-3-7-17)16-18-15(23-20-16)11-4-5-11/h8-9,11H,2-7H2,1H3,(H,19,22). The fraction of sp³-hybridized carbons (Fsp3) is 0.529. The fourth-order valence-corrected chi connectivity index (χ4v) is 4.07. The van der Waals surface area contributed by atoms with Crippen molar-refractivity contribution in [1.29, 1.82) is 0 Å². The average Bonchev–Trinajstić information content (AvgIpc) is 3.02. The van der Waals surface area contributed by atoms with Crippen LogP contribution in [0.25, 0.3) is 0 Å². The van der Waals surface area contributed by atoms with Crippen molar-refractivity contribution in [2.45, 2.75) is 56.9 Å². The maximum Gasteiger partial charge on any atom is 0.262 e. The molecule has 2 aliphatic rings. The molecule has 2 aliphatic carbocycles. The topological polar surface area (TPSA) is 85.1 Å². The molecule has 0 atom stereocenters. The zero-order chi connectivity index (χ0) is 16.7. The third-order valence-electron chi connectivity index (χ3n) is 4.84. The first kappa shape index (κ1) is 15.5. The summed E-state index contributed by atoms with van der Waals surface area (Å²) in [5.74, 6) is 1.48. The van der Waals surface area contributed by atoms with E-state index in [2.05, 4.69) is 15.5 Å². The quantitative estimate of drug-likeness (QED) is 0.839. The number of hydrogen-bond acceptors (Lipinski definition) is 6. The summed E-state index contributed by atoms with van der Waals surface area (Å²) >= 11 is 1.29. The van der Waals surface area contributed by atoms with Crippen LogP contribution in [0.4, 0.5) is 0 Å². The molecule has 4 rings (SSSR count). The first-order valence-electron chi connectivity index (χ1n) is 8.33. The maximum atomic E-state index is 12.7. The highest BCUT2D eigenvalue weighted by Crippen LogP contribution is 2.42. The normalized spacial score (nSPS) is 19.4. The lowest BCUT2D eigenvalue weighted by Crippen LogP contribution is -2.44. The Balaban J connectivity index is 1.57. The van der Waals surface area contributed by atoms with E-state index >= 15 is 0 Å². The second-order valence-corrected chi connectivity index (χ2v) is 7.64. The van der Waals surface area contributed by atoms with Crippen LogP contribution in [0.3, 0.4) is 0 Å². The van der Waals surface area contributed by atoms with Crippen molar-refractivity contribution in [3.05, 3.63) is 33.6 Å². The van der Waals surface area contributed by atoms with Crippen molar-refractivity contribution in [3.63, 3.8) is 0 Å². The number of nitrogens with zero attached hydrogens (tertiary/aromatic N) is 2. The van der Waals surface area contributed by atoms with E-state index in [1.54, 1.807) is 11.4 Å². The van der Waals surface area contributed by atoms with E-state index in [1.165, 1.54) is 18.3 Å². The maximum absolute atomic E-state index is 12.7. The van der Waals surface area contributed by atoms with E-state index in [1.807, 2.05) is 0 Å². The van der Waals surface area contributed by atoms with E-state index < -0.39 is 5.54 Å². The summed E-state index contributed by atoms with van der Waals surface area (Å²) in [6.45, 7) is 1.50. The minimum Gasteiger partial charge on any atom is -0.339 e. The van der Waals surface area contributed by atoms with Gasteiger partial charge in [0, 0.05) is 16.9 Å². The van der Waals surface area contributed by atoms with Gasteiger partial charge in [-0.1, -0.05) is 18.0 Å². The van der Waals surface area contributed by atoms with Crippen molar-refractivity contribution in [1.82, 2.24) is 15.5 Å². The second kappa shape index (κ2) is 5.81. The summed E-state index contributed by atoms with van der Waals surface area (Å²) < 4.78 is 5.39. The lowest BCUT2D eigenvalue weighted by Gasteiger charge is -2.26. The van der Waals surface area contributed by atoms with Crippen LogP contribution in [0.1, 0.15) is 83.1 Å². The number of rotatable bonds is 5. The summed E-state index contributed by atoms with van der Waals surface area (Å²) in [4.78, 5) is 29.2. The molecule has 2 aromatic rings. The van der Waals surface area contributed by atoms with E-state index in [0.29, 0.717) is 28.1 Å². The number of hydrogen-bond donors (Lipinski definition) is 1. The predicted molar refractivity (Wildman–Crippen MR) is 88.2 cm³/mol. The van der Waals surface area contributed by atoms with Crippen LogP contribution in [0.15, 0.2) is 16.0 Å². The molecule has 0 saturated heterocycles. The number of carbonyl (C=O) groups excluding carboxylic acids is 2. The van der Waals surface area contributed by atoms with Crippen LogP contribution >= 0.6 is 11.3 Å². The van der Waals surface area contributed by atoms with Gasteiger partial charge in [0.15, 0.2) is 11.6 Å². The van der Waals surface area contributed by atoms with Crippen LogP contribution in [-0.2, 0) is 5.54 Å². The van der Waals surface area contributed by atoms with Crippen molar-refractivity contribution in [2.24, 2.45) is 0 Å². The van der Waals surface area contributed by atoms with Gasteiger partial charge in [0.1, 0.15) is 5.54 Å². The number of thiophene rings is 1. The monoisotopic (exact) mass is 345 g/mol. The zero-order valence-electron chi connectivity index (χ0n) is 13.5. The van der Waals surface area contributed by atoms with Gasteiger partial charge in [-0.15, -0.1) is 11.3 Å². The molecule has 6 nitrogen and oxygen atoms in total. The van der Waals surface area contributed by atoms with Crippen LogP contribution < -0.4 is 5.32 Å². The minimum absolute atomic E-state index is 0.0341. The van der Waals surface area contributed by atoms with Crippen LogP contribution in [-0.4, -0.2) is 21.8 Å². The zero-order valence-corrected chi connectivity index (χ0v) is 14.3. The van der Waals surface area contributed by atoms with E-state index in [0.717, 1.165) is 38.5 Å². The number of nitrogens with one attached hydrogen (secondary N) is 1. The molecular weight excluding hydrogens is 326 g/mol. The molecule has 0 bridgehead atoms. The Bertz CT molecular complexity index is 785. The molecule has 7 heteroatoms. The molecular formula is C17H19N3O3S. The first-order valence-corrected chi connectivity index (χ1v) is 9.21.